The van der Waals surface area contributed by atoms with Gasteiger partial charge in [-0.3, -0.25) is 0 Å². The van der Waals surface area contributed by atoms with Crippen molar-refractivity contribution >= 4 is 11.0 Å². The van der Waals surface area contributed by atoms with Gasteiger partial charge in [0.15, 0.2) is 0 Å². The van der Waals surface area contributed by atoms with Gasteiger partial charge in [-0.1, -0.05) is 0 Å². The number of fused-ring (bicyclic) bond motifs is 3. The second-order valence-electron chi connectivity index (χ2n) is 4.23. The summed E-state index contributed by atoms with van der Waals surface area (Å²) in [4.78, 5) is 11.7. The first-order valence-corrected chi connectivity index (χ1v) is 5.53. The summed E-state index contributed by atoms with van der Waals surface area (Å²) in [7, 11) is 0. The third-order valence-electron chi connectivity index (χ3n) is 3.21. The minimum atomic E-state index is -0.243. The fraction of sp³-hybridized carbons (Fsp3) is 0.308. The van der Waals surface area contributed by atoms with E-state index in [1.165, 1.54) is 6.07 Å². The number of aryl methyl sites for hydroxylation is 1. The maximum absolute atomic E-state index is 11.7. The number of rotatable bonds is 0. The van der Waals surface area contributed by atoms with E-state index in [9.17, 15) is 9.90 Å². The first-order valence-electron chi connectivity index (χ1n) is 5.53. The molecule has 0 saturated carbocycles. The van der Waals surface area contributed by atoms with Crippen molar-refractivity contribution in [2.75, 3.05) is 0 Å². The normalized spacial score (nSPS) is 15.0. The topological polar surface area (TPSA) is 50.4 Å². The Morgan fingerprint density at radius 3 is 2.69 bits per heavy atom. The van der Waals surface area contributed by atoms with Gasteiger partial charge >= 0.3 is 5.63 Å². The molecule has 1 N–H and O–H groups in total. The molecule has 82 valence electrons. The summed E-state index contributed by atoms with van der Waals surface area (Å²) in [5.74, 6) is 0.131. The number of phenols is 1. The number of benzene rings is 1. The van der Waals surface area contributed by atoms with E-state index in [0.717, 1.165) is 42.2 Å². The van der Waals surface area contributed by atoms with Crippen LogP contribution in [0.1, 0.15) is 24.0 Å². The zero-order valence-electron chi connectivity index (χ0n) is 8.82. The second-order valence-corrected chi connectivity index (χ2v) is 4.23. The molecule has 0 saturated heterocycles. The highest BCUT2D eigenvalue weighted by atomic mass is 16.4. The first kappa shape index (κ1) is 9.46. The number of phenolic OH excluding ortho intramolecular Hbond substituents is 1. The third kappa shape index (κ3) is 1.32. The molecule has 0 aliphatic heterocycles. The van der Waals surface area contributed by atoms with Crippen LogP contribution in [0.15, 0.2) is 27.4 Å². The van der Waals surface area contributed by atoms with Crippen molar-refractivity contribution in [2.24, 2.45) is 0 Å². The monoisotopic (exact) mass is 216 g/mol. The summed E-state index contributed by atoms with van der Waals surface area (Å²) < 4.78 is 5.23. The second kappa shape index (κ2) is 3.37. The van der Waals surface area contributed by atoms with Crippen LogP contribution in [-0.4, -0.2) is 5.11 Å². The highest BCUT2D eigenvalue weighted by Crippen LogP contribution is 2.28. The molecule has 3 heteroatoms. The lowest BCUT2D eigenvalue weighted by atomic mass is 9.91. The Kier molecular flexibility index (Phi) is 1.99. The molecule has 0 fully saturated rings. The summed E-state index contributed by atoms with van der Waals surface area (Å²) in [5.41, 5.74) is 2.18. The molecule has 2 aromatic rings. The van der Waals surface area contributed by atoms with Crippen LogP contribution in [0.4, 0.5) is 0 Å². The van der Waals surface area contributed by atoms with Crippen molar-refractivity contribution in [3.63, 3.8) is 0 Å². The summed E-state index contributed by atoms with van der Waals surface area (Å²) in [5, 5.41) is 10.3. The van der Waals surface area contributed by atoms with E-state index in [2.05, 4.69) is 0 Å². The molecule has 1 aromatic heterocycles. The Morgan fingerprint density at radius 2 is 1.88 bits per heavy atom. The molecule has 0 atom stereocenters. The van der Waals surface area contributed by atoms with Crippen LogP contribution >= 0.6 is 0 Å². The zero-order valence-corrected chi connectivity index (χ0v) is 8.82. The van der Waals surface area contributed by atoms with Crippen molar-refractivity contribution in [1.82, 2.24) is 0 Å². The predicted molar refractivity (Wildman–Crippen MR) is 60.8 cm³/mol. The molecule has 1 aliphatic carbocycles. The average molecular weight is 216 g/mol. The molecule has 0 unspecified atom stereocenters. The lowest BCUT2D eigenvalue weighted by molar-refractivity contribution is 0.472. The Bertz CT molecular complexity index is 610. The molecule has 0 amide bonds. The lowest BCUT2D eigenvalue weighted by Crippen LogP contribution is -2.15. The molecule has 1 aromatic carbocycles. The lowest BCUT2D eigenvalue weighted by Gasteiger charge is -2.15. The molecule has 0 spiro atoms. The molecule has 1 heterocycles. The minimum absolute atomic E-state index is 0.131. The Hall–Kier alpha value is -1.77. The summed E-state index contributed by atoms with van der Waals surface area (Å²) in [6, 6.07) is 4.97. The van der Waals surface area contributed by atoms with Crippen LogP contribution in [0.3, 0.4) is 0 Å². The van der Waals surface area contributed by atoms with Crippen LogP contribution in [0.5, 0.6) is 5.75 Å². The van der Waals surface area contributed by atoms with E-state index in [4.69, 9.17) is 4.42 Å². The predicted octanol–water partition coefficient (Wildman–Crippen LogP) is 2.38. The van der Waals surface area contributed by atoms with E-state index >= 15 is 0 Å². The van der Waals surface area contributed by atoms with Crippen molar-refractivity contribution in [2.45, 2.75) is 25.7 Å². The molecular formula is C13H12O3. The number of hydrogen-bond acceptors (Lipinski definition) is 3. The molecule has 3 rings (SSSR count). The standard InChI is InChI=1S/C13H12O3/c14-8-5-6-10-9-3-1-2-4-11(9)13(15)16-12(10)7-8/h5-7,14H,1-4H2. The van der Waals surface area contributed by atoms with Gasteiger partial charge in [-0.2, -0.15) is 0 Å². The van der Waals surface area contributed by atoms with Crippen molar-refractivity contribution < 1.29 is 9.52 Å². The number of aromatic hydroxyl groups is 1. The van der Waals surface area contributed by atoms with Crippen LogP contribution in [0, 0.1) is 0 Å². The minimum Gasteiger partial charge on any atom is -0.508 e. The van der Waals surface area contributed by atoms with E-state index in [1.807, 2.05) is 6.07 Å². The van der Waals surface area contributed by atoms with Gasteiger partial charge in [0.25, 0.3) is 0 Å². The molecule has 3 nitrogen and oxygen atoms in total. The molecular weight excluding hydrogens is 204 g/mol. The quantitative estimate of drug-likeness (QED) is 0.688. The van der Waals surface area contributed by atoms with Gasteiger partial charge in [0.1, 0.15) is 11.3 Å². The molecule has 16 heavy (non-hydrogen) atoms. The number of hydrogen-bond donors (Lipinski definition) is 1. The fourth-order valence-electron chi connectivity index (χ4n) is 2.43. The summed E-state index contributed by atoms with van der Waals surface area (Å²) in [6.45, 7) is 0. The van der Waals surface area contributed by atoms with E-state index in [1.54, 1.807) is 6.07 Å². The van der Waals surface area contributed by atoms with Gasteiger partial charge in [0, 0.05) is 17.0 Å². The van der Waals surface area contributed by atoms with Crippen LogP contribution in [-0.2, 0) is 12.8 Å². The van der Waals surface area contributed by atoms with E-state index in [0.29, 0.717) is 5.58 Å². The smallest absolute Gasteiger partial charge is 0.339 e. The molecule has 0 bridgehead atoms. The van der Waals surface area contributed by atoms with Crippen molar-refractivity contribution in [3.05, 3.63) is 39.7 Å². The van der Waals surface area contributed by atoms with Gasteiger partial charge in [-0.05, 0) is 43.4 Å². The van der Waals surface area contributed by atoms with Gasteiger partial charge in [0.05, 0.1) is 0 Å². The van der Waals surface area contributed by atoms with Crippen molar-refractivity contribution in [1.29, 1.82) is 0 Å². The zero-order chi connectivity index (χ0) is 11.1. The van der Waals surface area contributed by atoms with E-state index < -0.39 is 0 Å². The largest absolute Gasteiger partial charge is 0.508 e. The summed E-state index contributed by atoms with van der Waals surface area (Å²) >= 11 is 0. The van der Waals surface area contributed by atoms with Gasteiger partial charge in [-0.15, -0.1) is 0 Å². The van der Waals surface area contributed by atoms with Crippen LogP contribution in [0.2, 0.25) is 0 Å². The van der Waals surface area contributed by atoms with Gasteiger partial charge in [0.2, 0.25) is 0 Å². The van der Waals surface area contributed by atoms with Gasteiger partial charge < -0.3 is 9.52 Å². The SMILES string of the molecule is O=c1oc2cc(O)ccc2c2c1CCCC2. The molecule has 1 aliphatic rings. The average Bonchev–Trinajstić information content (AvgIpc) is 2.29. The summed E-state index contributed by atoms with van der Waals surface area (Å²) in [6.07, 6.45) is 3.92. The highest BCUT2D eigenvalue weighted by Gasteiger charge is 2.17. The van der Waals surface area contributed by atoms with Crippen molar-refractivity contribution in [3.8, 4) is 5.75 Å². The first-order chi connectivity index (χ1) is 7.75. The molecule has 0 radical (unpaired) electrons. The Balaban J connectivity index is 2.42. The maximum atomic E-state index is 11.7. The third-order valence-corrected chi connectivity index (χ3v) is 3.21. The van der Waals surface area contributed by atoms with Gasteiger partial charge in [-0.25, -0.2) is 4.79 Å². The highest BCUT2D eigenvalue weighted by molar-refractivity contribution is 5.82. The van der Waals surface area contributed by atoms with Crippen LogP contribution < -0.4 is 5.63 Å². The Labute approximate surface area is 92.3 Å². The maximum Gasteiger partial charge on any atom is 0.339 e. The fourth-order valence-corrected chi connectivity index (χ4v) is 2.43. The Morgan fingerprint density at radius 1 is 1.12 bits per heavy atom. The van der Waals surface area contributed by atoms with Crippen LogP contribution in [0.25, 0.3) is 11.0 Å². The van der Waals surface area contributed by atoms with E-state index in [-0.39, 0.29) is 11.4 Å².